The fraction of sp³-hybridized carbons (Fsp3) is 0.333. The summed E-state index contributed by atoms with van der Waals surface area (Å²) in [5.41, 5.74) is 1.89. The van der Waals surface area contributed by atoms with Gasteiger partial charge in [0.05, 0.1) is 18.0 Å². The van der Waals surface area contributed by atoms with Crippen molar-refractivity contribution in [2.24, 2.45) is 0 Å². The molecule has 4 rings (SSSR count). The van der Waals surface area contributed by atoms with Gasteiger partial charge in [-0.25, -0.2) is 4.39 Å². The van der Waals surface area contributed by atoms with Crippen LogP contribution in [-0.4, -0.2) is 43.5 Å². The molecule has 0 bridgehead atoms. The summed E-state index contributed by atoms with van der Waals surface area (Å²) < 4.78 is 20.1. The minimum absolute atomic E-state index is 0.0800. The normalized spacial score (nSPS) is 16.5. The number of carbonyl (C=O) groups is 2. The average Bonchev–Trinajstić information content (AvgIpc) is 3.19. The third kappa shape index (κ3) is 4.78. The van der Waals surface area contributed by atoms with Gasteiger partial charge in [0, 0.05) is 30.3 Å². The Labute approximate surface area is 184 Å². The summed E-state index contributed by atoms with van der Waals surface area (Å²) in [5, 5.41) is 3.72. The maximum absolute atomic E-state index is 13.0. The smallest absolute Gasteiger partial charge is 0.261 e. The zero-order valence-electron chi connectivity index (χ0n) is 17.4. The van der Waals surface area contributed by atoms with Crippen molar-refractivity contribution in [3.05, 3.63) is 70.4 Å². The van der Waals surface area contributed by atoms with E-state index in [2.05, 4.69) is 5.32 Å². The largest absolute Gasteiger partial charge is 0.370 e. The number of morpholine rings is 1. The zero-order valence-corrected chi connectivity index (χ0v) is 18.2. The number of hydrogen-bond donors (Lipinski definition) is 1. The number of rotatable bonds is 6. The highest BCUT2D eigenvalue weighted by atomic mass is 32.1. The van der Waals surface area contributed by atoms with Crippen molar-refractivity contribution in [2.45, 2.75) is 25.4 Å². The monoisotopic (exact) mass is 440 g/mol. The Kier molecular flexibility index (Phi) is 6.63. The molecule has 1 N–H and O–H groups in total. The van der Waals surface area contributed by atoms with Crippen LogP contribution in [0.2, 0.25) is 0 Å². The van der Waals surface area contributed by atoms with Gasteiger partial charge in [-0.3, -0.25) is 9.59 Å². The molecule has 1 saturated heterocycles. The van der Waals surface area contributed by atoms with Gasteiger partial charge in [-0.15, -0.1) is 11.3 Å². The third-order valence-corrected chi connectivity index (χ3v) is 6.76. The first-order valence-electron chi connectivity index (χ1n) is 10.4. The average molecular weight is 441 g/mol. The molecule has 1 aromatic heterocycles. The lowest BCUT2D eigenvalue weighted by Gasteiger charge is -2.33. The molecular weight excluding hydrogens is 415 g/mol. The van der Waals surface area contributed by atoms with Gasteiger partial charge in [0.1, 0.15) is 11.9 Å². The van der Waals surface area contributed by atoms with Crippen molar-refractivity contribution in [1.29, 1.82) is 0 Å². The molecule has 162 valence electrons. The van der Waals surface area contributed by atoms with E-state index in [-0.39, 0.29) is 23.7 Å². The van der Waals surface area contributed by atoms with Crippen molar-refractivity contribution in [3.63, 3.8) is 0 Å². The van der Waals surface area contributed by atoms with Crippen molar-refractivity contribution < 1.29 is 18.7 Å². The highest BCUT2D eigenvalue weighted by Crippen LogP contribution is 2.38. The fourth-order valence-corrected chi connectivity index (χ4v) is 5.17. The summed E-state index contributed by atoms with van der Waals surface area (Å²) in [6, 6.07) is 14.3. The maximum atomic E-state index is 13.0. The van der Waals surface area contributed by atoms with Crippen LogP contribution in [0.15, 0.2) is 48.5 Å². The maximum Gasteiger partial charge on any atom is 0.261 e. The van der Waals surface area contributed by atoms with Crippen molar-refractivity contribution in [2.75, 3.05) is 26.7 Å². The number of thiophene rings is 1. The number of carbonyl (C=O) groups excluding carboxylic acids is 2. The molecule has 2 amide bonds. The topological polar surface area (TPSA) is 58.6 Å². The van der Waals surface area contributed by atoms with Crippen LogP contribution in [0.5, 0.6) is 0 Å². The number of nitrogens with zero attached hydrogens (tertiary/aromatic N) is 1. The van der Waals surface area contributed by atoms with Crippen molar-refractivity contribution in [3.8, 4) is 0 Å². The van der Waals surface area contributed by atoms with E-state index in [9.17, 15) is 14.0 Å². The van der Waals surface area contributed by atoms with Crippen LogP contribution in [0, 0.1) is 5.82 Å². The lowest BCUT2D eigenvalue weighted by Crippen LogP contribution is -2.42. The zero-order chi connectivity index (χ0) is 21.8. The van der Waals surface area contributed by atoms with E-state index in [4.69, 9.17) is 4.74 Å². The first kappa shape index (κ1) is 21.5. The van der Waals surface area contributed by atoms with E-state index in [1.165, 1.54) is 23.5 Å². The van der Waals surface area contributed by atoms with E-state index in [0.717, 1.165) is 27.6 Å². The first-order chi connectivity index (χ1) is 15.1. The predicted octanol–water partition coefficient (Wildman–Crippen LogP) is 4.32. The molecule has 0 aliphatic carbocycles. The van der Waals surface area contributed by atoms with Gasteiger partial charge < -0.3 is 15.0 Å². The Balaban J connectivity index is 1.45. The second-order valence-corrected chi connectivity index (χ2v) is 8.65. The Bertz CT molecular complexity index is 1080. The predicted molar refractivity (Wildman–Crippen MR) is 120 cm³/mol. The molecule has 2 heterocycles. The van der Waals surface area contributed by atoms with Crippen LogP contribution in [0.4, 0.5) is 4.39 Å². The molecule has 0 spiro atoms. The minimum Gasteiger partial charge on any atom is -0.370 e. The lowest BCUT2D eigenvalue weighted by molar-refractivity contribution is -0.139. The van der Waals surface area contributed by atoms with Gasteiger partial charge in [0.2, 0.25) is 5.91 Å². The van der Waals surface area contributed by atoms with Crippen LogP contribution >= 0.6 is 11.3 Å². The van der Waals surface area contributed by atoms with E-state index in [1.54, 1.807) is 19.2 Å². The van der Waals surface area contributed by atoms with Gasteiger partial charge in [0.15, 0.2) is 0 Å². The van der Waals surface area contributed by atoms with Crippen LogP contribution in [0.1, 0.15) is 39.7 Å². The Morgan fingerprint density at radius 1 is 1.19 bits per heavy atom. The molecule has 7 heteroatoms. The molecule has 1 aliphatic rings. The fourth-order valence-electron chi connectivity index (χ4n) is 3.97. The molecule has 31 heavy (non-hydrogen) atoms. The number of fused-ring (bicyclic) bond motifs is 1. The molecule has 0 radical (unpaired) electrons. The number of aryl methyl sites for hydroxylation is 1. The molecule has 1 fully saturated rings. The Hall–Kier alpha value is -2.77. The second kappa shape index (κ2) is 9.58. The van der Waals surface area contributed by atoms with Crippen LogP contribution < -0.4 is 5.32 Å². The minimum atomic E-state index is -0.335. The highest BCUT2D eigenvalue weighted by molar-refractivity contribution is 7.21. The molecule has 5 nitrogen and oxygen atoms in total. The SMILES string of the molecule is CNC(=O)c1sc2ccccc2c1[C@H]1CN(C(=O)CCCc2ccc(F)cc2)CCO1. The molecule has 0 unspecified atom stereocenters. The van der Waals surface area contributed by atoms with Gasteiger partial charge in [-0.1, -0.05) is 30.3 Å². The molecule has 1 aliphatic heterocycles. The summed E-state index contributed by atoms with van der Waals surface area (Å²) in [6.07, 6.45) is 1.53. The van der Waals surface area contributed by atoms with E-state index in [1.807, 2.05) is 29.2 Å². The van der Waals surface area contributed by atoms with Gasteiger partial charge >= 0.3 is 0 Å². The highest BCUT2D eigenvalue weighted by Gasteiger charge is 2.31. The number of benzene rings is 2. The second-order valence-electron chi connectivity index (χ2n) is 7.60. The standard InChI is InChI=1S/C24H25FN2O3S/c1-26-24(29)23-22(18-6-2-3-7-20(18)31-23)19-15-27(13-14-30-19)21(28)8-4-5-16-9-11-17(25)12-10-16/h2-3,6-7,9-12,19H,4-5,8,13-15H2,1H3,(H,26,29)/t19-/m1/s1. The number of ether oxygens (including phenoxy) is 1. The van der Waals surface area contributed by atoms with Crippen LogP contribution in [0.25, 0.3) is 10.1 Å². The van der Waals surface area contributed by atoms with Gasteiger partial charge in [-0.2, -0.15) is 0 Å². The molecular formula is C24H25FN2O3S. The Morgan fingerprint density at radius 2 is 1.97 bits per heavy atom. The van der Waals surface area contributed by atoms with Crippen molar-refractivity contribution in [1.82, 2.24) is 10.2 Å². The van der Waals surface area contributed by atoms with E-state index >= 15 is 0 Å². The molecule has 2 aromatic carbocycles. The van der Waals surface area contributed by atoms with Crippen LogP contribution in [0.3, 0.4) is 0 Å². The lowest BCUT2D eigenvalue weighted by atomic mass is 10.0. The molecule has 3 aromatic rings. The number of halogens is 1. The summed E-state index contributed by atoms with van der Waals surface area (Å²) in [7, 11) is 1.62. The van der Waals surface area contributed by atoms with Gasteiger partial charge in [0.25, 0.3) is 5.91 Å². The van der Waals surface area contributed by atoms with Crippen molar-refractivity contribution >= 4 is 33.2 Å². The van der Waals surface area contributed by atoms with E-state index in [0.29, 0.717) is 37.4 Å². The van der Waals surface area contributed by atoms with Gasteiger partial charge in [-0.05, 0) is 42.0 Å². The summed E-state index contributed by atoms with van der Waals surface area (Å²) in [4.78, 5) is 27.8. The molecule has 0 saturated carbocycles. The van der Waals surface area contributed by atoms with Crippen LogP contribution in [-0.2, 0) is 16.0 Å². The molecule has 1 atom stereocenters. The third-order valence-electron chi connectivity index (χ3n) is 5.58. The van der Waals surface area contributed by atoms with E-state index < -0.39 is 0 Å². The summed E-state index contributed by atoms with van der Waals surface area (Å²) >= 11 is 1.45. The number of amides is 2. The summed E-state index contributed by atoms with van der Waals surface area (Å²) in [5.74, 6) is -0.310. The quantitative estimate of drug-likeness (QED) is 0.621. The number of hydrogen-bond acceptors (Lipinski definition) is 4. The number of nitrogens with one attached hydrogen (secondary N) is 1. The summed E-state index contributed by atoms with van der Waals surface area (Å²) in [6.45, 7) is 1.41. The Morgan fingerprint density at radius 3 is 2.74 bits per heavy atom. The first-order valence-corrected chi connectivity index (χ1v) is 11.3.